The van der Waals surface area contributed by atoms with Gasteiger partial charge in [0, 0.05) is 59.5 Å². The number of piperidine rings is 1. The van der Waals surface area contributed by atoms with Crippen molar-refractivity contribution in [2.75, 3.05) is 18.0 Å². The Balaban J connectivity index is 1.24. The number of pyridine rings is 2. The molecule has 1 atom stereocenters. The van der Waals surface area contributed by atoms with Crippen molar-refractivity contribution in [1.82, 2.24) is 25.1 Å². The number of nitrogens with zero attached hydrogens (tertiary/aromatic N) is 5. The Morgan fingerprint density at radius 1 is 1.09 bits per heavy atom. The summed E-state index contributed by atoms with van der Waals surface area (Å²) in [4.78, 5) is 14.5. The predicted octanol–water partition coefficient (Wildman–Crippen LogP) is 5.38. The summed E-state index contributed by atoms with van der Waals surface area (Å²) < 4.78 is 6.33. The van der Waals surface area contributed by atoms with E-state index >= 15 is 0 Å². The van der Waals surface area contributed by atoms with Crippen molar-refractivity contribution in [2.45, 2.75) is 25.9 Å². The Morgan fingerprint density at radius 2 is 1.97 bits per heavy atom. The SMILES string of the molecule is CC(Oc1ccc2[nH]nc(-c3ccc(N4CCC(C#N)CC4)nc3)c2c1)c1ccnc2[nH]ccc12. The normalized spacial score (nSPS) is 15.4. The van der Waals surface area contributed by atoms with E-state index in [-0.39, 0.29) is 12.0 Å². The highest BCUT2D eigenvalue weighted by Gasteiger charge is 2.20. The van der Waals surface area contributed by atoms with Crippen LogP contribution in [0.25, 0.3) is 33.2 Å². The summed E-state index contributed by atoms with van der Waals surface area (Å²) in [5, 5.41) is 18.9. The smallest absolute Gasteiger partial charge is 0.137 e. The highest BCUT2D eigenvalue weighted by Crippen LogP contribution is 2.33. The van der Waals surface area contributed by atoms with Crippen LogP contribution in [0.15, 0.2) is 61.1 Å². The van der Waals surface area contributed by atoms with Crippen LogP contribution >= 0.6 is 0 Å². The van der Waals surface area contributed by atoms with Crippen LogP contribution in [0.3, 0.4) is 0 Å². The minimum Gasteiger partial charge on any atom is -0.486 e. The van der Waals surface area contributed by atoms with E-state index in [9.17, 15) is 0 Å². The fourth-order valence-electron chi connectivity index (χ4n) is 4.84. The van der Waals surface area contributed by atoms with Gasteiger partial charge in [0.05, 0.1) is 11.6 Å². The molecule has 1 unspecified atom stereocenters. The minimum absolute atomic E-state index is 0.143. The van der Waals surface area contributed by atoms with E-state index in [0.717, 1.165) is 76.3 Å². The van der Waals surface area contributed by atoms with Gasteiger partial charge in [-0.05, 0) is 62.2 Å². The lowest BCUT2D eigenvalue weighted by Gasteiger charge is -2.30. The Morgan fingerprint density at radius 3 is 2.77 bits per heavy atom. The Kier molecular flexibility index (Phi) is 5.30. The fraction of sp³-hybridized carbons (Fsp3) is 0.259. The predicted molar refractivity (Wildman–Crippen MR) is 135 cm³/mol. The highest BCUT2D eigenvalue weighted by atomic mass is 16.5. The molecule has 4 aromatic heterocycles. The summed E-state index contributed by atoms with van der Waals surface area (Å²) in [5.74, 6) is 1.88. The average molecular weight is 464 g/mol. The van der Waals surface area contributed by atoms with Crippen LogP contribution in [0.4, 0.5) is 5.82 Å². The number of aromatic amines is 2. The molecule has 35 heavy (non-hydrogen) atoms. The first kappa shape index (κ1) is 21.2. The van der Waals surface area contributed by atoms with Crippen LogP contribution in [-0.2, 0) is 0 Å². The van der Waals surface area contributed by atoms with Crippen LogP contribution < -0.4 is 9.64 Å². The Hall–Kier alpha value is -4.38. The second-order valence-corrected chi connectivity index (χ2v) is 8.98. The first-order valence-electron chi connectivity index (χ1n) is 11.9. The monoisotopic (exact) mass is 463 g/mol. The van der Waals surface area contributed by atoms with Crippen LogP contribution in [-0.4, -0.2) is 38.2 Å². The third kappa shape index (κ3) is 3.95. The van der Waals surface area contributed by atoms with E-state index in [1.807, 2.05) is 55.7 Å². The zero-order valence-electron chi connectivity index (χ0n) is 19.4. The second kappa shape index (κ2) is 8.76. The number of rotatable bonds is 5. The molecule has 0 saturated carbocycles. The molecule has 1 fully saturated rings. The largest absolute Gasteiger partial charge is 0.486 e. The van der Waals surface area contributed by atoms with E-state index < -0.39 is 0 Å². The molecule has 0 amide bonds. The number of nitriles is 1. The number of fused-ring (bicyclic) bond motifs is 2. The van der Waals surface area contributed by atoms with E-state index in [0.29, 0.717) is 0 Å². The second-order valence-electron chi connectivity index (χ2n) is 8.98. The fourth-order valence-corrected chi connectivity index (χ4v) is 4.84. The van der Waals surface area contributed by atoms with Gasteiger partial charge in [-0.15, -0.1) is 0 Å². The maximum absolute atomic E-state index is 9.13. The molecule has 0 spiro atoms. The molecule has 1 aromatic carbocycles. The molecule has 8 heteroatoms. The number of hydrogen-bond donors (Lipinski definition) is 2. The topological polar surface area (TPSA) is 107 Å². The molecule has 1 saturated heterocycles. The first-order chi connectivity index (χ1) is 17.2. The zero-order chi connectivity index (χ0) is 23.8. The maximum Gasteiger partial charge on any atom is 0.137 e. The Labute approximate surface area is 202 Å². The highest BCUT2D eigenvalue weighted by molar-refractivity contribution is 5.93. The molecule has 6 rings (SSSR count). The number of nitrogens with one attached hydrogen (secondary N) is 2. The van der Waals surface area contributed by atoms with Gasteiger partial charge in [-0.1, -0.05) is 0 Å². The van der Waals surface area contributed by atoms with Crippen LogP contribution in [0.2, 0.25) is 0 Å². The molecule has 174 valence electrons. The molecule has 0 aliphatic carbocycles. The minimum atomic E-state index is -0.143. The van der Waals surface area contributed by atoms with Crippen molar-refractivity contribution in [3.05, 3.63) is 66.6 Å². The average Bonchev–Trinajstić information content (AvgIpc) is 3.56. The van der Waals surface area contributed by atoms with Crippen molar-refractivity contribution in [3.8, 4) is 23.1 Å². The molecule has 1 aliphatic rings. The van der Waals surface area contributed by atoms with Crippen molar-refractivity contribution in [3.63, 3.8) is 0 Å². The van der Waals surface area contributed by atoms with E-state index in [1.165, 1.54) is 0 Å². The third-order valence-electron chi connectivity index (χ3n) is 6.80. The van der Waals surface area contributed by atoms with Crippen molar-refractivity contribution >= 4 is 27.8 Å². The zero-order valence-corrected chi connectivity index (χ0v) is 19.4. The quantitative estimate of drug-likeness (QED) is 0.362. The molecule has 0 bridgehead atoms. The summed E-state index contributed by atoms with van der Waals surface area (Å²) in [6.45, 7) is 3.77. The summed E-state index contributed by atoms with van der Waals surface area (Å²) in [6.07, 6.45) is 7.20. The summed E-state index contributed by atoms with van der Waals surface area (Å²) in [6, 6.07) is 16.5. The molecular weight excluding hydrogens is 438 g/mol. The van der Waals surface area contributed by atoms with Gasteiger partial charge in [-0.25, -0.2) is 9.97 Å². The number of aromatic nitrogens is 5. The lowest BCUT2D eigenvalue weighted by Crippen LogP contribution is -2.33. The molecule has 5 aromatic rings. The third-order valence-corrected chi connectivity index (χ3v) is 6.80. The van der Waals surface area contributed by atoms with Crippen molar-refractivity contribution < 1.29 is 4.74 Å². The van der Waals surface area contributed by atoms with Gasteiger partial charge < -0.3 is 14.6 Å². The van der Waals surface area contributed by atoms with Crippen LogP contribution in [0.5, 0.6) is 5.75 Å². The molecule has 5 heterocycles. The van der Waals surface area contributed by atoms with Crippen LogP contribution in [0.1, 0.15) is 31.4 Å². The van der Waals surface area contributed by atoms with Gasteiger partial charge in [0.25, 0.3) is 0 Å². The first-order valence-corrected chi connectivity index (χ1v) is 11.9. The van der Waals surface area contributed by atoms with Gasteiger partial charge >= 0.3 is 0 Å². The number of benzene rings is 1. The van der Waals surface area contributed by atoms with E-state index in [4.69, 9.17) is 15.0 Å². The van der Waals surface area contributed by atoms with Gasteiger partial charge in [0.15, 0.2) is 0 Å². The Bertz CT molecular complexity index is 1520. The van der Waals surface area contributed by atoms with E-state index in [1.54, 1.807) is 6.20 Å². The summed E-state index contributed by atoms with van der Waals surface area (Å²) in [7, 11) is 0. The standard InChI is InChI=1S/C27H25N7O/c1-17(21-6-10-29-27-22(21)7-11-30-27)35-20-3-4-24-23(14-20)26(33-32-24)19-2-5-25(31-16-19)34-12-8-18(15-28)9-13-34/h2-7,10-11,14,16-18H,8-9,12-13H2,1H3,(H,29,30)(H,32,33). The lowest BCUT2D eigenvalue weighted by atomic mass is 9.98. The van der Waals surface area contributed by atoms with Crippen molar-refractivity contribution in [1.29, 1.82) is 5.26 Å². The van der Waals surface area contributed by atoms with Gasteiger partial charge in [-0.2, -0.15) is 10.4 Å². The number of anilines is 1. The van der Waals surface area contributed by atoms with Crippen LogP contribution in [0, 0.1) is 17.2 Å². The number of H-pyrrole nitrogens is 2. The van der Waals surface area contributed by atoms with Gasteiger partial charge in [-0.3, -0.25) is 5.10 Å². The summed E-state index contributed by atoms with van der Waals surface area (Å²) >= 11 is 0. The number of ether oxygens (including phenoxy) is 1. The van der Waals surface area contributed by atoms with Gasteiger partial charge in [0.2, 0.25) is 0 Å². The summed E-state index contributed by atoms with van der Waals surface area (Å²) in [5.41, 5.74) is 4.68. The van der Waals surface area contributed by atoms with Crippen molar-refractivity contribution in [2.24, 2.45) is 5.92 Å². The maximum atomic E-state index is 9.13. The molecule has 0 radical (unpaired) electrons. The number of hydrogen-bond acceptors (Lipinski definition) is 6. The lowest BCUT2D eigenvalue weighted by molar-refractivity contribution is 0.229. The molecule has 1 aliphatic heterocycles. The van der Waals surface area contributed by atoms with Gasteiger partial charge in [0.1, 0.15) is 29.0 Å². The molecule has 8 nitrogen and oxygen atoms in total. The van der Waals surface area contributed by atoms with E-state index in [2.05, 4.69) is 37.2 Å². The molecular formula is C27H25N7O. The molecule has 2 N–H and O–H groups in total.